The number of aromatic nitrogens is 1. The first kappa shape index (κ1) is 17.4. The summed E-state index contributed by atoms with van der Waals surface area (Å²) in [6.45, 7) is 4.06. The fraction of sp³-hybridized carbons (Fsp3) is 0.476. The first-order valence-electron chi connectivity index (χ1n) is 9.37. The molecule has 5 heteroatoms. The summed E-state index contributed by atoms with van der Waals surface area (Å²) in [5, 5.41) is 0. The molecule has 4 nitrogen and oxygen atoms in total. The summed E-state index contributed by atoms with van der Waals surface area (Å²) in [4.78, 5) is 6.54. The van der Waals surface area contributed by atoms with Gasteiger partial charge in [-0.05, 0) is 49.1 Å². The van der Waals surface area contributed by atoms with Crippen LogP contribution in [0.1, 0.15) is 24.8 Å². The van der Waals surface area contributed by atoms with Crippen molar-refractivity contribution in [2.75, 3.05) is 26.3 Å². The minimum absolute atomic E-state index is 0.125. The third-order valence-corrected chi connectivity index (χ3v) is 5.59. The zero-order valence-electron chi connectivity index (χ0n) is 14.9. The molecule has 1 spiro atoms. The topological polar surface area (TPSA) is 34.6 Å². The number of nitrogens with zero attached hydrogens (tertiary/aromatic N) is 2. The van der Waals surface area contributed by atoms with Crippen molar-refractivity contribution in [3.63, 3.8) is 0 Å². The van der Waals surface area contributed by atoms with Crippen LogP contribution in [0.5, 0.6) is 5.75 Å². The van der Waals surface area contributed by atoms with Crippen molar-refractivity contribution in [2.24, 2.45) is 5.92 Å². The highest BCUT2D eigenvalue weighted by Gasteiger charge is 2.47. The molecule has 138 valence electrons. The molecule has 2 aliphatic rings. The van der Waals surface area contributed by atoms with Crippen molar-refractivity contribution in [2.45, 2.75) is 31.4 Å². The number of hydrogen-bond donors (Lipinski definition) is 0. The second kappa shape index (κ2) is 7.72. The number of ether oxygens (including phenoxy) is 2. The van der Waals surface area contributed by atoms with Gasteiger partial charge in [0, 0.05) is 31.7 Å². The minimum atomic E-state index is -0.185. The Hall–Kier alpha value is -1.98. The lowest BCUT2D eigenvalue weighted by molar-refractivity contribution is -0.137. The van der Waals surface area contributed by atoms with E-state index in [9.17, 15) is 4.39 Å². The van der Waals surface area contributed by atoms with Gasteiger partial charge in [-0.15, -0.1) is 0 Å². The molecule has 1 saturated heterocycles. The maximum Gasteiger partial charge on any atom is 0.137 e. The van der Waals surface area contributed by atoms with Crippen LogP contribution in [0.2, 0.25) is 0 Å². The fourth-order valence-electron chi connectivity index (χ4n) is 4.24. The number of hydrogen-bond acceptors (Lipinski definition) is 4. The van der Waals surface area contributed by atoms with Crippen molar-refractivity contribution in [3.05, 3.63) is 60.2 Å². The molecule has 1 aliphatic heterocycles. The van der Waals surface area contributed by atoms with Gasteiger partial charge in [0.15, 0.2) is 0 Å². The van der Waals surface area contributed by atoms with Gasteiger partial charge in [0.2, 0.25) is 0 Å². The maximum absolute atomic E-state index is 13.1. The quantitative estimate of drug-likeness (QED) is 0.819. The molecule has 2 atom stereocenters. The minimum Gasteiger partial charge on any atom is -0.492 e. The molecule has 4 rings (SSSR count). The Morgan fingerprint density at radius 3 is 2.96 bits per heavy atom. The molecule has 1 aromatic heterocycles. The van der Waals surface area contributed by atoms with E-state index < -0.39 is 0 Å². The Bertz CT molecular complexity index is 710. The third kappa shape index (κ3) is 3.89. The van der Waals surface area contributed by atoms with E-state index in [1.165, 1.54) is 18.6 Å². The first-order chi connectivity index (χ1) is 12.7. The lowest BCUT2D eigenvalue weighted by Gasteiger charge is -2.44. The number of morpholine rings is 1. The van der Waals surface area contributed by atoms with E-state index in [-0.39, 0.29) is 11.4 Å². The zero-order chi connectivity index (χ0) is 17.8. The lowest BCUT2D eigenvalue weighted by atomic mass is 9.89. The number of rotatable bonds is 5. The molecule has 2 fully saturated rings. The number of halogens is 1. The summed E-state index contributed by atoms with van der Waals surface area (Å²) < 4.78 is 25.4. The van der Waals surface area contributed by atoms with Crippen LogP contribution < -0.4 is 4.74 Å². The van der Waals surface area contributed by atoms with Crippen molar-refractivity contribution < 1.29 is 13.9 Å². The Kier molecular flexibility index (Phi) is 5.18. The first-order valence-corrected chi connectivity index (χ1v) is 9.37. The van der Waals surface area contributed by atoms with Crippen LogP contribution in [0, 0.1) is 11.7 Å². The maximum atomic E-state index is 13.1. The molecule has 2 aromatic rings. The average Bonchev–Trinajstić information content (AvgIpc) is 3.04. The number of benzene rings is 1. The largest absolute Gasteiger partial charge is 0.492 e. The van der Waals surface area contributed by atoms with Crippen LogP contribution in [-0.4, -0.2) is 41.8 Å². The van der Waals surface area contributed by atoms with Crippen LogP contribution in [0.3, 0.4) is 0 Å². The molecular formula is C21H25FN2O2. The SMILES string of the molecule is Fc1ccc(CN2CCO[C@]3(CCC[C@H]3COc3cccnc3)C2)cc1. The predicted molar refractivity (Wildman–Crippen MR) is 97.4 cm³/mol. The smallest absolute Gasteiger partial charge is 0.137 e. The van der Waals surface area contributed by atoms with Gasteiger partial charge < -0.3 is 9.47 Å². The van der Waals surface area contributed by atoms with E-state index in [0.29, 0.717) is 12.5 Å². The fourth-order valence-corrected chi connectivity index (χ4v) is 4.24. The second-order valence-corrected chi connectivity index (χ2v) is 7.34. The van der Waals surface area contributed by atoms with Gasteiger partial charge in [0.1, 0.15) is 11.6 Å². The molecule has 0 radical (unpaired) electrons. The van der Waals surface area contributed by atoms with E-state index >= 15 is 0 Å². The molecule has 1 aliphatic carbocycles. The Morgan fingerprint density at radius 2 is 2.15 bits per heavy atom. The predicted octanol–water partition coefficient (Wildman–Crippen LogP) is 3.67. The Labute approximate surface area is 153 Å². The van der Waals surface area contributed by atoms with E-state index in [4.69, 9.17) is 9.47 Å². The highest BCUT2D eigenvalue weighted by molar-refractivity contribution is 5.17. The molecule has 0 N–H and O–H groups in total. The normalized spacial score (nSPS) is 26.3. The summed E-state index contributed by atoms with van der Waals surface area (Å²) in [5.74, 6) is 1.02. The Morgan fingerprint density at radius 1 is 1.27 bits per heavy atom. The van der Waals surface area contributed by atoms with E-state index in [1.54, 1.807) is 12.4 Å². The monoisotopic (exact) mass is 356 g/mol. The summed E-state index contributed by atoms with van der Waals surface area (Å²) in [7, 11) is 0. The lowest BCUT2D eigenvalue weighted by Crippen LogP contribution is -2.54. The summed E-state index contributed by atoms with van der Waals surface area (Å²) in [6.07, 6.45) is 6.88. The van der Waals surface area contributed by atoms with Crippen molar-refractivity contribution in [1.82, 2.24) is 9.88 Å². The standard InChI is InChI=1S/C21H25FN2O2/c22-19-7-5-17(6-8-19)14-24-11-12-26-21(16-24)9-1-3-18(21)15-25-20-4-2-10-23-13-20/h2,4-8,10,13,18H,1,3,9,11-12,14-16H2/t18-,21+/m0/s1. The van der Waals surface area contributed by atoms with E-state index in [1.807, 2.05) is 24.3 Å². The molecule has 0 bridgehead atoms. The van der Waals surface area contributed by atoms with Gasteiger partial charge in [0.25, 0.3) is 0 Å². The molecule has 1 aromatic carbocycles. The summed E-state index contributed by atoms with van der Waals surface area (Å²) in [5.41, 5.74) is 1.02. The molecule has 0 amide bonds. The van der Waals surface area contributed by atoms with Crippen LogP contribution >= 0.6 is 0 Å². The van der Waals surface area contributed by atoms with Gasteiger partial charge >= 0.3 is 0 Å². The van der Waals surface area contributed by atoms with Crippen LogP contribution in [0.4, 0.5) is 4.39 Å². The molecule has 26 heavy (non-hydrogen) atoms. The summed E-state index contributed by atoms with van der Waals surface area (Å²) in [6, 6.07) is 10.6. The van der Waals surface area contributed by atoms with Gasteiger partial charge in [-0.1, -0.05) is 12.1 Å². The van der Waals surface area contributed by atoms with E-state index in [0.717, 1.165) is 50.4 Å². The van der Waals surface area contributed by atoms with E-state index in [2.05, 4.69) is 9.88 Å². The number of pyridine rings is 1. The molecule has 2 heterocycles. The highest BCUT2D eigenvalue weighted by Crippen LogP contribution is 2.41. The van der Waals surface area contributed by atoms with Crippen molar-refractivity contribution >= 4 is 0 Å². The highest BCUT2D eigenvalue weighted by atomic mass is 19.1. The molecular weight excluding hydrogens is 331 g/mol. The molecule has 1 saturated carbocycles. The van der Waals surface area contributed by atoms with Crippen LogP contribution in [-0.2, 0) is 11.3 Å². The van der Waals surface area contributed by atoms with Crippen molar-refractivity contribution in [1.29, 1.82) is 0 Å². The van der Waals surface area contributed by atoms with Crippen LogP contribution in [0.15, 0.2) is 48.8 Å². The zero-order valence-corrected chi connectivity index (χ0v) is 14.9. The molecule has 0 unspecified atom stereocenters. The van der Waals surface area contributed by atoms with Gasteiger partial charge in [-0.2, -0.15) is 0 Å². The second-order valence-electron chi connectivity index (χ2n) is 7.34. The van der Waals surface area contributed by atoms with Gasteiger partial charge in [0.05, 0.1) is 25.0 Å². The van der Waals surface area contributed by atoms with Gasteiger partial charge in [-0.25, -0.2) is 4.39 Å². The third-order valence-electron chi connectivity index (χ3n) is 5.59. The van der Waals surface area contributed by atoms with Crippen LogP contribution in [0.25, 0.3) is 0 Å². The summed E-state index contributed by atoms with van der Waals surface area (Å²) >= 11 is 0. The van der Waals surface area contributed by atoms with Crippen molar-refractivity contribution in [3.8, 4) is 5.75 Å². The average molecular weight is 356 g/mol. The van der Waals surface area contributed by atoms with Gasteiger partial charge in [-0.3, -0.25) is 9.88 Å². The Balaban J connectivity index is 1.40.